The fourth-order valence-electron chi connectivity index (χ4n) is 3.15. The number of hydrogen-bond acceptors (Lipinski definition) is 1. The van der Waals surface area contributed by atoms with Crippen LogP contribution in [-0.2, 0) is 0 Å². The molecule has 2 aliphatic carbocycles. The van der Waals surface area contributed by atoms with Crippen molar-refractivity contribution in [2.45, 2.75) is 57.9 Å². The monoisotopic (exact) mass is 207 g/mol. The molecule has 1 saturated carbocycles. The lowest BCUT2D eigenvalue weighted by Crippen LogP contribution is -2.36. The van der Waals surface area contributed by atoms with Gasteiger partial charge in [-0.25, -0.2) is 0 Å². The highest BCUT2D eigenvalue weighted by Gasteiger charge is 2.25. The Hall–Kier alpha value is -0.300. The molecule has 0 heterocycles. The quantitative estimate of drug-likeness (QED) is 0.696. The maximum Gasteiger partial charge on any atom is 0.00953 e. The van der Waals surface area contributed by atoms with Crippen LogP contribution in [0.2, 0.25) is 0 Å². The number of nitrogens with one attached hydrogen (secondary N) is 1. The Balaban J connectivity index is 1.70. The lowest BCUT2D eigenvalue weighted by atomic mass is 9.93. The Morgan fingerprint density at radius 3 is 2.87 bits per heavy atom. The zero-order valence-corrected chi connectivity index (χ0v) is 10.0. The van der Waals surface area contributed by atoms with Crippen molar-refractivity contribution in [1.29, 1.82) is 0 Å². The van der Waals surface area contributed by atoms with Gasteiger partial charge >= 0.3 is 0 Å². The van der Waals surface area contributed by atoms with E-state index in [4.69, 9.17) is 0 Å². The summed E-state index contributed by atoms with van der Waals surface area (Å²) < 4.78 is 0. The van der Waals surface area contributed by atoms with Crippen LogP contribution >= 0.6 is 0 Å². The van der Waals surface area contributed by atoms with E-state index in [1.54, 1.807) is 0 Å². The smallest absolute Gasteiger partial charge is 0.00953 e. The molecule has 0 amide bonds. The standard InChI is InChI=1S/C14H25N/c1-2-13-9-6-10-14(13)15-11-12-7-4-3-5-8-12/h3-4,12-15H,2,5-11H2,1H3. The van der Waals surface area contributed by atoms with Gasteiger partial charge in [0.2, 0.25) is 0 Å². The maximum absolute atomic E-state index is 3.82. The molecule has 15 heavy (non-hydrogen) atoms. The molecule has 0 radical (unpaired) electrons. The van der Waals surface area contributed by atoms with Gasteiger partial charge in [-0.3, -0.25) is 0 Å². The molecule has 86 valence electrons. The fourth-order valence-corrected chi connectivity index (χ4v) is 3.15. The summed E-state index contributed by atoms with van der Waals surface area (Å²) in [5, 5.41) is 3.82. The lowest BCUT2D eigenvalue weighted by Gasteiger charge is -2.24. The van der Waals surface area contributed by atoms with Crippen molar-refractivity contribution in [3.63, 3.8) is 0 Å². The van der Waals surface area contributed by atoms with Gasteiger partial charge in [-0.15, -0.1) is 0 Å². The molecular formula is C14H25N. The summed E-state index contributed by atoms with van der Waals surface area (Å²) in [6.45, 7) is 3.60. The van der Waals surface area contributed by atoms with Gasteiger partial charge in [0.25, 0.3) is 0 Å². The summed E-state index contributed by atoms with van der Waals surface area (Å²) in [7, 11) is 0. The Bertz CT molecular complexity index is 209. The average Bonchev–Trinajstić information content (AvgIpc) is 2.75. The topological polar surface area (TPSA) is 12.0 Å². The van der Waals surface area contributed by atoms with Gasteiger partial charge in [-0.05, 0) is 50.5 Å². The minimum atomic E-state index is 0.834. The van der Waals surface area contributed by atoms with Crippen molar-refractivity contribution in [3.05, 3.63) is 12.2 Å². The summed E-state index contributed by atoms with van der Waals surface area (Å²) in [5.41, 5.74) is 0. The van der Waals surface area contributed by atoms with E-state index in [1.165, 1.54) is 51.5 Å². The van der Waals surface area contributed by atoms with E-state index in [2.05, 4.69) is 24.4 Å². The SMILES string of the molecule is CCC1CCCC1NCC1CC=CCC1. The molecule has 0 bridgehead atoms. The molecule has 0 saturated heterocycles. The summed E-state index contributed by atoms with van der Waals surface area (Å²) in [6, 6.07) is 0.834. The molecular weight excluding hydrogens is 182 g/mol. The fraction of sp³-hybridized carbons (Fsp3) is 0.857. The highest BCUT2D eigenvalue weighted by molar-refractivity contribution is 4.91. The van der Waals surface area contributed by atoms with Crippen molar-refractivity contribution >= 4 is 0 Å². The second-order valence-corrected chi connectivity index (χ2v) is 5.26. The zero-order chi connectivity index (χ0) is 10.5. The first-order chi connectivity index (χ1) is 7.40. The van der Waals surface area contributed by atoms with Crippen LogP contribution in [0.1, 0.15) is 51.9 Å². The van der Waals surface area contributed by atoms with Crippen molar-refractivity contribution in [3.8, 4) is 0 Å². The number of hydrogen-bond donors (Lipinski definition) is 1. The van der Waals surface area contributed by atoms with Crippen LogP contribution in [0.15, 0.2) is 12.2 Å². The normalized spacial score (nSPS) is 35.9. The van der Waals surface area contributed by atoms with Gasteiger partial charge in [-0.2, -0.15) is 0 Å². The van der Waals surface area contributed by atoms with E-state index in [1.807, 2.05) is 0 Å². The van der Waals surface area contributed by atoms with Crippen LogP contribution in [0.25, 0.3) is 0 Å². The van der Waals surface area contributed by atoms with E-state index in [0.29, 0.717) is 0 Å². The van der Waals surface area contributed by atoms with Crippen molar-refractivity contribution in [2.75, 3.05) is 6.54 Å². The summed E-state index contributed by atoms with van der Waals surface area (Å²) in [4.78, 5) is 0. The predicted octanol–water partition coefficient (Wildman–Crippen LogP) is 3.51. The Kier molecular flexibility index (Phi) is 4.25. The molecule has 0 aromatic rings. The summed E-state index contributed by atoms with van der Waals surface area (Å²) in [6.07, 6.45) is 14.4. The van der Waals surface area contributed by atoms with Crippen LogP contribution in [0, 0.1) is 11.8 Å². The molecule has 1 heteroatoms. The summed E-state index contributed by atoms with van der Waals surface area (Å²) >= 11 is 0. The van der Waals surface area contributed by atoms with E-state index in [-0.39, 0.29) is 0 Å². The largest absolute Gasteiger partial charge is 0.313 e. The molecule has 2 rings (SSSR count). The van der Waals surface area contributed by atoms with E-state index >= 15 is 0 Å². The van der Waals surface area contributed by atoms with Gasteiger partial charge in [0.1, 0.15) is 0 Å². The Morgan fingerprint density at radius 1 is 1.20 bits per heavy atom. The molecule has 1 nitrogen and oxygen atoms in total. The van der Waals surface area contributed by atoms with Crippen molar-refractivity contribution in [1.82, 2.24) is 5.32 Å². The molecule has 1 fully saturated rings. The second kappa shape index (κ2) is 5.69. The molecule has 3 atom stereocenters. The van der Waals surface area contributed by atoms with E-state index in [0.717, 1.165) is 17.9 Å². The third kappa shape index (κ3) is 3.07. The molecule has 3 unspecified atom stereocenters. The van der Waals surface area contributed by atoms with Crippen LogP contribution < -0.4 is 5.32 Å². The van der Waals surface area contributed by atoms with Crippen molar-refractivity contribution < 1.29 is 0 Å². The number of rotatable bonds is 4. The molecule has 1 N–H and O–H groups in total. The molecule has 0 aromatic heterocycles. The van der Waals surface area contributed by atoms with Gasteiger partial charge in [0.05, 0.1) is 0 Å². The maximum atomic E-state index is 3.82. The van der Waals surface area contributed by atoms with Crippen LogP contribution in [0.3, 0.4) is 0 Å². The molecule has 0 aliphatic heterocycles. The van der Waals surface area contributed by atoms with Gasteiger partial charge in [0, 0.05) is 6.04 Å². The first-order valence-electron chi connectivity index (χ1n) is 6.78. The zero-order valence-electron chi connectivity index (χ0n) is 10.0. The van der Waals surface area contributed by atoms with E-state index in [9.17, 15) is 0 Å². The minimum absolute atomic E-state index is 0.834. The van der Waals surface area contributed by atoms with E-state index < -0.39 is 0 Å². The van der Waals surface area contributed by atoms with Gasteiger partial charge in [-0.1, -0.05) is 31.9 Å². The summed E-state index contributed by atoms with van der Waals surface area (Å²) in [5.74, 6) is 1.87. The minimum Gasteiger partial charge on any atom is -0.313 e. The predicted molar refractivity (Wildman–Crippen MR) is 65.9 cm³/mol. The molecule has 2 aliphatic rings. The lowest BCUT2D eigenvalue weighted by molar-refractivity contribution is 0.347. The first-order valence-corrected chi connectivity index (χ1v) is 6.78. The highest BCUT2D eigenvalue weighted by atomic mass is 14.9. The second-order valence-electron chi connectivity index (χ2n) is 5.26. The van der Waals surface area contributed by atoms with Gasteiger partial charge in [0.15, 0.2) is 0 Å². The Morgan fingerprint density at radius 2 is 2.13 bits per heavy atom. The molecule has 0 aromatic carbocycles. The third-order valence-electron chi connectivity index (χ3n) is 4.23. The Labute approximate surface area is 94.3 Å². The van der Waals surface area contributed by atoms with Crippen LogP contribution in [0.4, 0.5) is 0 Å². The van der Waals surface area contributed by atoms with Gasteiger partial charge < -0.3 is 5.32 Å². The first kappa shape index (κ1) is 11.2. The average molecular weight is 207 g/mol. The number of allylic oxidation sites excluding steroid dienone is 2. The van der Waals surface area contributed by atoms with Crippen LogP contribution in [-0.4, -0.2) is 12.6 Å². The van der Waals surface area contributed by atoms with Crippen molar-refractivity contribution in [2.24, 2.45) is 11.8 Å². The highest BCUT2D eigenvalue weighted by Crippen LogP contribution is 2.28. The van der Waals surface area contributed by atoms with Crippen LogP contribution in [0.5, 0.6) is 0 Å². The third-order valence-corrected chi connectivity index (χ3v) is 4.23. The molecule has 0 spiro atoms.